The van der Waals surface area contributed by atoms with Crippen LogP contribution in [0.4, 0.5) is 0 Å². The molecule has 0 radical (unpaired) electrons. The van der Waals surface area contributed by atoms with E-state index in [1.807, 2.05) is 0 Å². The highest BCUT2D eigenvalue weighted by Gasteiger charge is 2.22. The molecule has 94 valence electrons. The van der Waals surface area contributed by atoms with Crippen LogP contribution in [-0.4, -0.2) is 25.7 Å². The second-order valence-electron chi connectivity index (χ2n) is 4.58. The number of hydrogen-bond acceptors (Lipinski definition) is 3. The van der Waals surface area contributed by atoms with E-state index in [9.17, 15) is 4.79 Å². The largest absolute Gasteiger partial charge is 0.477 e. The second-order valence-corrected chi connectivity index (χ2v) is 4.97. The lowest BCUT2D eigenvalue weighted by Crippen LogP contribution is -2.04. The Balaban J connectivity index is 2.17. The van der Waals surface area contributed by atoms with Crippen molar-refractivity contribution in [2.75, 3.05) is 0 Å². The van der Waals surface area contributed by atoms with Gasteiger partial charge in [-0.1, -0.05) is 24.4 Å². The van der Waals surface area contributed by atoms with Gasteiger partial charge in [0.05, 0.1) is 6.20 Å². The van der Waals surface area contributed by atoms with Crippen LogP contribution < -0.4 is 0 Å². The van der Waals surface area contributed by atoms with Crippen molar-refractivity contribution >= 4 is 23.2 Å². The first-order valence-electron chi connectivity index (χ1n) is 5.94. The zero-order valence-corrected chi connectivity index (χ0v) is 10.4. The van der Waals surface area contributed by atoms with Crippen LogP contribution in [0.3, 0.4) is 0 Å². The summed E-state index contributed by atoms with van der Waals surface area (Å²) in [5, 5.41) is 13.4. The lowest BCUT2D eigenvalue weighted by atomic mass is 10.0. The summed E-state index contributed by atoms with van der Waals surface area (Å²) < 4.78 is 1.36. The molecule has 0 amide bonds. The number of carboxylic acid groups (broad SMARTS) is 1. The van der Waals surface area contributed by atoms with Crippen LogP contribution in [-0.2, 0) is 0 Å². The van der Waals surface area contributed by atoms with Crippen molar-refractivity contribution in [3.63, 3.8) is 0 Å². The molecule has 2 aromatic heterocycles. The molecule has 0 unspecified atom stereocenters. The molecular weight excluding hydrogens is 254 g/mol. The third-order valence-corrected chi connectivity index (χ3v) is 3.72. The first-order valence-corrected chi connectivity index (χ1v) is 6.32. The van der Waals surface area contributed by atoms with Crippen molar-refractivity contribution < 1.29 is 9.90 Å². The minimum absolute atomic E-state index is 0.0942. The van der Waals surface area contributed by atoms with E-state index >= 15 is 0 Å². The Kier molecular flexibility index (Phi) is 2.70. The molecule has 1 N–H and O–H groups in total. The van der Waals surface area contributed by atoms with Gasteiger partial charge < -0.3 is 5.11 Å². The minimum Gasteiger partial charge on any atom is -0.477 e. The first-order chi connectivity index (χ1) is 8.66. The highest BCUT2D eigenvalue weighted by molar-refractivity contribution is 6.29. The topological polar surface area (TPSA) is 67.5 Å². The average Bonchev–Trinajstić information content (AvgIpc) is 2.97. The van der Waals surface area contributed by atoms with Gasteiger partial charge in [0.15, 0.2) is 5.65 Å². The molecule has 0 saturated heterocycles. The van der Waals surface area contributed by atoms with Gasteiger partial charge in [-0.15, -0.1) is 0 Å². The van der Waals surface area contributed by atoms with E-state index in [0.29, 0.717) is 16.7 Å². The molecule has 0 spiro atoms. The fourth-order valence-electron chi connectivity index (χ4n) is 2.53. The van der Waals surface area contributed by atoms with E-state index in [2.05, 4.69) is 10.1 Å². The normalized spacial score (nSPS) is 16.5. The van der Waals surface area contributed by atoms with E-state index in [-0.39, 0.29) is 5.56 Å². The summed E-state index contributed by atoms with van der Waals surface area (Å²) >= 11 is 6.13. The fourth-order valence-corrected chi connectivity index (χ4v) is 2.76. The number of hydrogen-bond donors (Lipinski definition) is 1. The molecule has 0 aromatic carbocycles. The van der Waals surface area contributed by atoms with Gasteiger partial charge in [-0.25, -0.2) is 14.3 Å². The molecule has 5 nitrogen and oxygen atoms in total. The van der Waals surface area contributed by atoms with Crippen LogP contribution in [0.25, 0.3) is 5.65 Å². The molecule has 1 saturated carbocycles. The number of carboxylic acids is 1. The standard InChI is InChI=1S/C12H12ClN3O2/c13-10-5-9(7-3-1-2-4-7)15-11-8(12(17)18)6-14-16(10)11/h5-7H,1-4H2,(H,17,18). The number of aromatic carboxylic acids is 1. The van der Waals surface area contributed by atoms with Crippen LogP contribution in [0, 0.1) is 0 Å². The van der Waals surface area contributed by atoms with Crippen molar-refractivity contribution in [2.45, 2.75) is 31.6 Å². The van der Waals surface area contributed by atoms with Crippen LogP contribution in [0.2, 0.25) is 5.15 Å². The second kappa shape index (κ2) is 4.24. The Morgan fingerprint density at radius 3 is 2.83 bits per heavy atom. The van der Waals surface area contributed by atoms with Crippen molar-refractivity contribution in [3.05, 3.63) is 28.7 Å². The Hall–Kier alpha value is -1.62. The third kappa shape index (κ3) is 1.75. The molecule has 3 rings (SSSR count). The molecule has 1 aliphatic carbocycles. The molecule has 6 heteroatoms. The fraction of sp³-hybridized carbons (Fsp3) is 0.417. The van der Waals surface area contributed by atoms with Crippen molar-refractivity contribution in [3.8, 4) is 0 Å². The van der Waals surface area contributed by atoms with E-state index in [1.54, 1.807) is 6.07 Å². The first kappa shape index (κ1) is 11.5. The summed E-state index contributed by atoms with van der Waals surface area (Å²) in [5.41, 5.74) is 1.31. The molecule has 2 heterocycles. The number of carbonyl (C=O) groups is 1. The Bertz CT molecular complexity index is 617. The van der Waals surface area contributed by atoms with Gasteiger partial charge in [0.25, 0.3) is 0 Å². The summed E-state index contributed by atoms with van der Waals surface area (Å²) in [5.74, 6) is -0.638. The summed E-state index contributed by atoms with van der Waals surface area (Å²) in [6.07, 6.45) is 5.86. The van der Waals surface area contributed by atoms with Gasteiger partial charge in [0, 0.05) is 11.6 Å². The number of aromatic nitrogens is 3. The van der Waals surface area contributed by atoms with Gasteiger partial charge in [0.2, 0.25) is 0 Å². The SMILES string of the molecule is O=C(O)c1cnn2c(Cl)cc(C3CCCC3)nc12. The number of halogens is 1. The molecule has 1 aliphatic rings. The maximum atomic E-state index is 11.1. The Morgan fingerprint density at radius 1 is 1.44 bits per heavy atom. The van der Waals surface area contributed by atoms with E-state index < -0.39 is 5.97 Å². The van der Waals surface area contributed by atoms with Crippen LogP contribution >= 0.6 is 11.6 Å². The summed E-state index contributed by atoms with van der Waals surface area (Å²) in [6, 6.07) is 1.79. The van der Waals surface area contributed by atoms with Gasteiger partial charge in [-0.2, -0.15) is 5.10 Å². The van der Waals surface area contributed by atoms with Crippen LogP contribution in [0.5, 0.6) is 0 Å². The predicted molar refractivity (Wildman–Crippen MR) is 66.2 cm³/mol. The van der Waals surface area contributed by atoms with Gasteiger partial charge in [-0.3, -0.25) is 0 Å². The van der Waals surface area contributed by atoms with Crippen LogP contribution in [0.1, 0.15) is 47.7 Å². The van der Waals surface area contributed by atoms with Crippen molar-refractivity contribution in [1.82, 2.24) is 14.6 Å². The maximum Gasteiger partial charge on any atom is 0.341 e. The van der Waals surface area contributed by atoms with Crippen molar-refractivity contribution in [1.29, 1.82) is 0 Å². The van der Waals surface area contributed by atoms with Crippen molar-refractivity contribution in [2.24, 2.45) is 0 Å². The summed E-state index contributed by atoms with van der Waals surface area (Å²) in [6.45, 7) is 0. The molecular formula is C12H12ClN3O2. The number of fused-ring (bicyclic) bond motifs is 1. The molecule has 1 fully saturated rings. The lowest BCUT2D eigenvalue weighted by molar-refractivity contribution is 0.0699. The third-order valence-electron chi connectivity index (χ3n) is 3.45. The molecule has 0 atom stereocenters. The monoisotopic (exact) mass is 265 g/mol. The molecule has 18 heavy (non-hydrogen) atoms. The summed E-state index contributed by atoms with van der Waals surface area (Å²) in [4.78, 5) is 15.5. The predicted octanol–water partition coefficient (Wildman–Crippen LogP) is 2.74. The Labute approximate surface area is 108 Å². The highest BCUT2D eigenvalue weighted by atomic mass is 35.5. The van der Waals surface area contributed by atoms with Crippen LogP contribution in [0.15, 0.2) is 12.3 Å². The maximum absolute atomic E-state index is 11.1. The minimum atomic E-state index is -1.03. The van der Waals surface area contributed by atoms with E-state index in [1.165, 1.54) is 23.6 Å². The molecule has 0 bridgehead atoms. The smallest absolute Gasteiger partial charge is 0.341 e. The average molecular weight is 266 g/mol. The van der Waals surface area contributed by atoms with E-state index in [4.69, 9.17) is 16.7 Å². The zero-order valence-electron chi connectivity index (χ0n) is 9.64. The highest BCUT2D eigenvalue weighted by Crippen LogP contribution is 2.34. The zero-order chi connectivity index (χ0) is 12.7. The summed E-state index contributed by atoms with van der Waals surface area (Å²) in [7, 11) is 0. The number of nitrogens with zero attached hydrogens (tertiary/aromatic N) is 3. The van der Waals surface area contributed by atoms with Gasteiger partial charge >= 0.3 is 5.97 Å². The van der Waals surface area contributed by atoms with Gasteiger partial charge in [0.1, 0.15) is 10.7 Å². The molecule has 2 aromatic rings. The van der Waals surface area contributed by atoms with Gasteiger partial charge in [-0.05, 0) is 18.9 Å². The Morgan fingerprint density at radius 2 is 2.17 bits per heavy atom. The molecule has 0 aliphatic heterocycles. The lowest BCUT2D eigenvalue weighted by Gasteiger charge is -2.09. The van der Waals surface area contributed by atoms with E-state index in [0.717, 1.165) is 18.5 Å². The number of rotatable bonds is 2. The quantitative estimate of drug-likeness (QED) is 0.848.